The van der Waals surface area contributed by atoms with Gasteiger partial charge in [0.05, 0.1) is 6.54 Å². The van der Waals surface area contributed by atoms with Crippen LogP contribution in [0.3, 0.4) is 0 Å². The summed E-state index contributed by atoms with van der Waals surface area (Å²) in [6, 6.07) is 1.72. The molecule has 0 saturated carbocycles. The molecule has 1 fully saturated rings. The van der Waals surface area contributed by atoms with Crippen molar-refractivity contribution in [3.8, 4) is 0 Å². The maximum absolute atomic E-state index is 11.8. The second-order valence-electron chi connectivity index (χ2n) is 5.03. The number of hydrogen-bond acceptors (Lipinski definition) is 5. The quantitative estimate of drug-likeness (QED) is 0.802. The standard InChI is InChI=1S/C13H21N5O/c1-18(9-11-4-2-5-14-8-11)10-12(19)17-13-15-6-3-7-16-13/h3,6-7,11,14H,2,4-5,8-10H2,1H3,(H,15,16,17,19). The first-order chi connectivity index (χ1) is 9.24. The van der Waals surface area contributed by atoms with Crippen molar-refractivity contribution in [2.45, 2.75) is 12.8 Å². The first-order valence-corrected chi connectivity index (χ1v) is 6.70. The zero-order valence-electron chi connectivity index (χ0n) is 11.3. The molecule has 1 aromatic heterocycles. The predicted octanol–water partition coefficient (Wildman–Crippen LogP) is 0.346. The van der Waals surface area contributed by atoms with Crippen LogP contribution in [-0.2, 0) is 4.79 Å². The minimum Gasteiger partial charge on any atom is -0.316 e. The van der Waals surface area contributed by atoms with Crippen molar-refractivity contribution >= 4 is 11.9 Å². The van der Waals surface area contributed by atoms with E-state index in [1.165, 1.54) is 12.8 Å². The molecular formula is C13H21N5O. The van der Waals surface area contributed by atoms with Crippen LogP contribution in [0.4, 0.5) is 5.95 Å². The van der Waals surface area contributed by atoms with Crippen molar-refractivity contribution in [3.05, 3.63) is 18.5 Å². The molecule has 19 heavy (non-hydrogen) atoms. The summed E-state index contributed by atoms with van der Waals surface area (Å²) in [5.74, 6) is 0.928. The number of nitrogens with zero attached hydrogens (tertiary/aromatic N) is 3. The lowest BCUT2D eigenvalue weighted by atomic mass is 9.99. The maximum atomic E-state index is 11.8. The number of hydrogen-bond donors (Lipinski definition) is 2. The Hall–Kier alpha value is -1.53. The second-order valence-corrected chi connectivity index (χ2v) is 5.03. The predicted molar refractivity (Wildman–Crippen MR) is 73.8 cm³/mol. The highest BCUT2D eigenvalue weighted by molar-refractivity contribution is 5.90. The molecular weight excluding hydrogens is 242 g/mol. The zero-order chi connectivity index (χ0) is 13.5. The highest BCUT2D eigenvalue weighted by Crippen LogP contribution is 2.10. The van der Waals surface area contributed by atoms with E-state index < -0.39 is 0 Å². The van der Waals surface area contributed by atoms with Gasteiger partial charge in [-0.05, 0) is 45.0 Å². The van der Waals surface area contributed by atoms with E-state index in [0.29, 0.717) is 18.4 Å². The van der Waals surface area contributed by atoms with Gasteiger partial charge in [-0.25, -0.2) is 9.97 Å². The molecule has 2 rings (SSSR count). The number of carbonyl (C=O) groups excluding carboxylic acids is 1. The van der Waals surface area contributed by atoms with Crippen molar-refractivity contribution in [2.24, 2.45) is 5.92 Å². The number of aromatic nitrogens is 2. The topological polar surface area (TPSA) is 70.2 Å². The van der Waals surface area contributed by atoms with Gasteiger partial charge in [0, 0.05) is 18.9 Å². The molecule has 1 amide bonds. The lowest BCUT2D eigenvalue weighted by molar-refractivity contribution is -0.117. The third-order valence-corrected chi connectivity index (χ3v) is 3.20. The van der Waals surface area contributed by atoms with Crippen LogP contribution in [0, 0.1) is 5.92 Å². The van der Waals surface area contributed by atoms with Gasteiger partial charge in [0.2, 0.25) is 11.9 Å². The van der Waals surface area contributed by atoms with Gasteiger partial charge in [-0.1, -0.05) is 0 Å². The number of rotatable bonds is 5. The van der Waals surface area contributed by atoms with Crippen LogP contribution in [0.15, 0.2) is 18.5 Å². The molecule has 104 valence electrons. The summed E-state index contributed by atoms with van der Waals surface area (Å²) >= 11 is 0. The molecule has 0 bridgehead atoms. The molecule has 6 heteroatoms. The third-order valence-electron chi connectivity index (χ3n) is 3.20. The third kappa shape index (κ3) is 4.92. The summed E-state index contributed by atoms with van der Waals surface area (Å²) in [5.41, 5.74) is 0. The van der Waals surface area contributed by atoms with Crippen molar-refractivity contribution in [2.75, 3.05) is 38.5 Å². The molecule has 6 nitrogen and oxygen atoms in total. The summed E-state index contributed by atoms with van der Waals surface area (Å²) in [5, 5.41) is 6.08. The van der Waals surface area contributed by atoms with Crippen molar-refractivity contribution < 1.29 is 4.79 Å². The Labute approximate surface area is 113 Å². The molecule has 1 aromatic rings. The van der Waals surface area contributed by atoms with Crippen LogP contribution in [0.5, 0.6) is 0 Å². The van der Waals surface area contributed by atoms with E-state index in [-0.39, 0.29) is 5.91 Å². The highest BCUT2D eigenvalue weighted by Gasteiger charge is 2.16. The summed E-state index contributed by atoms with van der Waals surface area (Å²) in [7, 11) is 1.97. The van der Waals surface area contributed by atoms with Gasteiger partial charge in [-0.2, -0.15) is 0 Å². The minimum atomic E-state index is -0.0718. The van der Waals surface area contributed by atoms with E-state index >= 15 is 0 Å². The van der Waals surface area contributed by atoms with Gasteiger partial charge >= 0.3 is 0 Å². The maximum Gasteiger partial charge on any atom is 0.240 e. The molecule has 0 spiro atoms. The minimum absolute atomic E-state index is 0.0718. The van der Waals surface area contributed by atoms with Crippen LogP contribution in [-0.4, -0.2) is 54.0 Å². The average molecular weight is 263 g/mol. The van der Waals surface area contributed by atoms with E-state index in [0.717, 1.165) is 19.6 Å². The Morgan fingerprint density at radius 3 is 3.00 bits per heavy atom. The monoisotopic (exact) mass is 263 g/mol. The molecule has 1 aliphatic rings. The average Bonchev–Trinajstić information content (AvgIpc) is 2.40. The molecule has 2 N–H and O–H groups in total. The Bertz CT molecular complexity index is 391. The fourth-order valence-corrected chi connectivity index (χ4v) is 2.36. The Morgan fingerprint density at radius 2 is 2.32 bits per heavy atom. The smallest absolute Gasteiger partial charge is 0.240 e. The van der Waals surface area contributed by atoms with E-state index in [1.54, 1.807) is 18.5 Å². The van der Waals surface area contributed by atoms with Crippen LogP contribution >= 0.6 is 0 Å². The molecule has 1 unspecified atom stereocenters. The van der Waals surface area contributed by atoms with Gasteiger partial charge in [0.1, 0.15) is 0 Å². The number of amides is 1. The van der Waals surface area contributed by atoms with Crippen molar-refractivity contribution in [3.63, 3.8) is 0 Å². The van der Waals surface area contributed by atoms with Crippen LogP contribution in [0.1, 0.15) is 12.8 Å². The zero-order valence-corrected chi connectivity index (χ0v) is 11.3. The van der Waals surface area contributed by atoms with Gasteiger partial charge < -0.3 is 5.32 Å². The summed E-state index contributed by atoms with van der Waals surface area (Å²) in [6.07, 6.45) is 5.68. The number of likely N-dealkylation sites (N-methyl/N-ethyl adjacent to an activating group) is 1. The lowest BCUT2D eigenvalue weighted by Gasteiger charge is -2.27. The van der Waals surface area contributed by atoms with Crippen molar-refractivity contribution in [1.82, 2.24) is 20.2 Å². The second kappa shape index (κ2) is 7.16. The van der Waals surface area contributed by atoms with Crippen LogP contribution < -0.4 is 10.6 Å². The lowest BCUT2D eigenvalue weighted by Crippen LogP contribution is -2.39. The Kier molecular flexibility index (Phi) is 5.23. The first kappa shape index (κ1) is 13.9. The number of anilines is 1. The number of piperidine rings is 1. The summed E-state index contributed by atoms with van der Waals surface area (Å²) in [4.78, 5) is 21.8. The van der Waals surface area contributed by atoms with Gasteiger partial charge in [0.25, 0.3) is 0 Å². The van der Waals surface area contributed by atoms with Crippen molar-refractivity contribution in [1.29, 1.82) is 0 Å². The van der Waals surface area contributed by atoms with E-state index in [2.05, 4.69) is 25.5 Å². The van der Waals surface area contributed by atoms with E-state index in [9.17, 15) is 4.79 Å². The number of nitrogens with one attached hydrogen (secondary N) is 2. The molecule has 1 atom stereocenters. The van der Waals surface area contributed by atoms with Gasteiger partial charge in [-0.15, -0.1) is 0 Å². The van der Waals surface area contributed by atoms with Crippen LogP contribution in [0.25, 0.3) is 0 Å². The molecule has 0 aliphatic carbocycles. The first-order valence-electron chi connectivity index (χ1n) is 6.70. The molecule has 0 radical (unpaired) electrons. The summed E-state index contributed by atoms with van der Waals surface area (Å²) < 4.78 is 0. The normalized spacial score (nSPS) is 19.4. The summed E-state index contributed by atoms with van der Waals surface area (Å²) in [6.45, 7) is 3.48. The molecule has 0 aromatic carbocycles. The fourth-order valence-electron chi connectivity index (χ4n) is 2.36. The van der Waals surface area contributed by atoms with Gasteiger partial charge in [0.15, 0.2) is 0 Å². The Morgan fingerprint density at radius 1 is 1.53 bits per heavy atom. The SMILES string of the molecule is CN(CC(=O)Nc1ncccn1)CC1CCCNC1. The largest absolute Gasteiger partial charge is 0.316 e. The molecule has 1 saturated heterocycles. The Balaban J connectivity index is 1.72. The molecule has 1 aliphatic heterocycles. The van der Waals surface area contributed by atoms with E-state index in [1.807, 2.05) is 7.05 Å². The fraction of sp³-hybridized carbons (Fsp3) is 0.615. The van der Waals surface area contributed by atoms with Crippen LogP contribution in [0.2, 0.25) is 0 Å². The highest BCUT2D eigenvalue weighted by atomic mass is 16.2. The number of carbonyl (C=O) groups is 1. The van der Waals surface area contributed by atoms with Gasteiger partial charge in [-0.3, -0.25) is 15.0 Å². The van der Waals surface area contributed by atoms with E-state index in [4.69, 9.17) is 0 Å². The molecule has 2 heterocycles.